The first-order valence-electron chi connectivity index (χ1n) is 10.2. The van der Waals surface area contributed by atoms with Gasteiger partial charge in [-0.3, -0.25) is 0 Å². The first-order valence-corrected chi connectivity index (χ1v) is 10.2. The van der Waals surface area contributed by atoms with E-state index < -0.39 is 0 Å². The lowest BCUT2D eigenvalue weighted by molar-refractivity contribution is -0.434. The molecule has 5 unspecified atom stereocenters. The van der Waals surface area contributed by atoms with Crippen molar-refractivity contribution < 1.29 is 17.0 Å². The largest absolute Gasteiger partial charge is 1.00 e. The molecule has 0 bridgehead atoms. The van der Waals surface area contributed by atoms with Gasteiger partial charge in [-0.1, -0.05) is 48.5 Å². The molecule has 2 aliphatic heterocycles. The Kier molecular flexibility index (Phi) is 6.85. The van der Waals surface area contributed by atoms with Crippen molar-refractivity contribution in [1.82, 2.24) is 4.90 Å². The van der Waals surface area contributed by atoms with Gasteiger partial charge in [0, 0.05) is 24.1 Å². The quantitative estimate of drug-likeness (QED) is 0.678. The summed E-state index contributed by atoms with van der Waals surface area (Å²) in [6, 6.07) is 23.0. The molecule has 2 aromatic rings. The van der Waals surface area contributed by atoms with Gasteiger partial charge in [0.15, 0.2) is 6.54 Å². The Balaban J connectivity index is 0.00000112. The molecular formula is C24H30Cl2N2. The summed E-state index contributed by atoms with van der Waals surface area (Å²) in [5.41, 5.74) is 2.90. The predicted octanol–water partition coefficient (Wildman–Crippen LogP) is 1.97. The fourth-order valence-electron chi connectivity index (χ4n) is 5.95. The van der Waals surface area contributed by atoms with E-state index in [2.05, 4.69) is 83.4 Å². The highest BCUT2D eigenvalue weighted by atomic mass is 35.5. The first kappa shape index (κ1) is 21.4. The Labute approximate surface area is 181 Å². The van der Waals surface area contributed by atoms with Crippen LogP contribution in [0, 0.1) is 17.8 Å². The van der Waals surface area contributed by atoms with Crippen molar-refractivity contribution in [3.05, 3.63) is 66.2 Å². The molecule has 150 valence electrons. The Bertz CT molecular complexity index is 793. The maximum atomic E-state index is 2.65. The van der Waals surface area contributed by atoms with E-state index >= 15 is 0 Å². The molecule has 0 spiro atoms. The van der Waals surface area contributed by atoms with E-state index in [9.17, 15) is 0 Å². The SMILES string of the molecule is CN1CCCC2C3C=[N+](c4ccccc4)CC3C(c3ccccc3)CC21.Cl.[Cl-]. The summed E-state index contributed by atoms with van der Waals surface area (Å²) in [7, 11) is 2.35. The number of hydrogen-bond donors (Lipinski definition) is 0. The zero-order valence-electron chi connectivity index (χ0n) is 16.5. The summed E-state index contributed by atoms with van der Waals surface area (Å²) in [4.78, 5) is 2.65. The van der Waals surface area contributed by atoms with Crippen LogP contribution in [0.2, 0.25) is 0 Å². The van der Waals surface area contributed by atoms with Crippen LogP contribution in [0.5, 0.6) is 0 Å². The molecule has 0 N–H and O–H groups in total. The molecule has 4 heteroatoms. The van der Waals surface area contributed by atoms with Crippen LogP contribution in [-0.2, 0) is 0 Å². The van der Waals surface area contributed by atoms with Crippen molar-refractivity contribution in [3.63, 3.8) is 0 Å². The molecule has 1 saturated carbocycles. The number of para-hydroxylation sites is 1. The minimum Gasteiger partial charge on any atom is -1.00 e. The highest BCUT2D eigenvalue weighted by Gasteiger charge is 2.52. The minimum absolute atomic E-state index is 0. The number of nitrogens with zero attached hydrogens (tertiary/aromatic N) is 2. The molecule has 2 heterocycles. The number of benzene rings is 2. The smallest absolute Gasteiger partial charge is 0.204 e. The van der Waals surface area contributed by atoms with Crippen LogP contribution in [0.3, 0.4) is 0 Å². The second-order valence-electron chi connectivity index (χ2n) is 8.49. The fraction of sp³-hybridized carbons (Fsp3) is 0.458. The molecular weight excluding hydrogens is 387 g/mol. The third-order valence-corrected chi connectivity index (χ3v) is 7.18. The Morgan fingerprint density at radius 3 is 2.32 bits per heavy atom. The molecule has 1 aliphatic carbocycles. The summed E-state index contributed by atoms with van der Waals surface area (Å²) in [5, 5.41) is 0. The summed E-state index contributed by atoms with van der Waals surface area (Å²) < 4.78 is 2.54. The second kappa shape index (κ2) is 8.98. The van der Waals surface area contributed by atoms with Gasteiger partial charge in [-0.25, -0.2) is 4.58 Å². The lowest BCUT2D eigenvalue weighted by atomic mass is 9.61. The van der Waals surface area contributed by atoms with Gasteiger partial charge in [0.1, 0.15) is 6.21 Å². The van der Waals surface area contributed by atoms with Gasteiger partial charge in [0.05, 0.1) is 5.92 Å². The van der Waals surface area contributed by atoms with Crippen LogP contribution in [0.25, 0.3) is 0 Å². The zero-order chi connectivity index (χ0) is 17.5. The number of rotatable bonds is 2. The normalized spacial score (nSPS) is 31.6. The van der Waals surface area contributed by atoms with E-state index in [1.165, 1.54) is 38.0 Å². The lowest BCUT2D eigenvalue weighted by Crippen LogP contribution is -3.00. The highest BCUT2D eigenvalue weighted by Crippen LogP contribution is 2.50. The summed E-state index contributed by atoms with van der Waals surface area (Å²) in [6.45, 7) is 2.43. The number of hydrogen-bond acceptors (Lipinski definition) is 1. The molecule has 0 amide bonds. The van der Waals surface area contributed by atoms with E-state index in [4.69, 9.17) is 0 Å². The van der Waals surface area contributed by atoms with Gasteiger partial charge in [-0.2, -0.15) is 0 Å². The summed E-state index contributed by atoms with van der Waals surface area (Å²) >= 11 is 0. The summed E-state index contributed by atoms with van der Waals surface area (Å²) in [5.74, 6) is 2.95. The van der Waals surface area contributed by atoms with E-state index in [1.807, 2.05) is 0 Å². The molecule has 28 heavy (non-hydrogen) atoms. The van der Waals surface area contributed by atoms with E-state index in [1.54, 1.807) is 5.56 Å². The zero-order valence-corrected chi connectivity index (χ0v) is 18.0. The minimum atomic E-state index is 0. The third kappa shape index (κ3) is 3.75. The Hall–Kier alpha value is -1.35. The van der Waals surface area contributed by atoms with Gasteiger partial charge in [-0.15, -0.1) is 12.4 Å². The lowest BCUT2D eigenvalue weighted by Gasteiger charge is -2.48. The predicted molar refractivity (Wildman–Crippen MR) is 114 cm³/mol. The number of piperidine rings is 1. The van der Waals surface area contributed by atoms with Crippen molar-refractivity contribution in [2.24, 2.45) is 17.8 Å². The van der Waals surface area contributed by atoms with Crippen LogP contribution in [0.15, 0.2) is 60.7 Å². The Morgan fingerprint density at radius 2 is 1.61 bits per heavy atom. The standard InChI is InChI=1S/C24H29N2.2ClH/c1-25-14-8-13-20-22-16-26(19-11-6-3-7-12-19)17-23(22)21(15-24(20)25)18-9-4-2-5-10-18;;/h2-7,9-12,16,20-24H,8,13-15,17H2,1H3;2*1H/q+1;;/p-1. The number of fused-ring (bicyclic) bond motifs is 3. The summed E-state index contributed by atoms with van der Waals surface area (Å²) in [6.07, 6.45) is 6.67. The van der Waals surface area contributed by atoms with Gasteiger partial charge >= 0.3 is 0 Å². The van der Waals surface area contributed by atoms with Gasteiger partial charge in [0.2, 0.25) is 5.69 Å². The molecule has 5 rings (SSSR count). The molecule has 5 atom stereocenters. The first-order chi connectivity index (χ1) is 12.8. The maximum Gasteiger partial charge on any atom is 0.204 e. The van der Waals surface area contributed by atoms with Gasteiger partial charge in [-0.05, 0) is 50.3 Å². The van der Waals surface area contributed by atoms with Crippen LogP contribution < -0.4 is 12.4 Å². The fourth-order valence-corrected chi connectivity index (χ4v) is 5.95. The molecule has 0 radical (unpaired) electrons. The average molecular weight is 417 g/mol. The van der Waals surface area contributed by atoms with Crippen molar-refractivity contribution >= 4 is 24.3 Å². The highest BCUT2D eigenvalue weighted by molar-refractivity contribution is 5.85. The van der Waals surface area contributed by atoms with Crippen LogP contribution in [0.4, 0.5) is 5.69 Å². The molecule has 2 aromatic carbocycles. The van der Waals surface area contributed by atoms with Crippen molar-refractivity contribution in [2.75, 3.05) is 20.1 Å². The van der Waals surface area contributed by atoms with Gasteiger partial charge < -0.3 is 17.3 Å². The monoisotopic (exact) mass is 416 g/mol. The number of likely N-dealkylation sites (tertiary alicyclic amines) is 1. The molecule has 2 nitrogen and oxygen atoms in total. The molecule has 1 saturated heterocycles. The van der Waals surface area contributed by atoms with Crippen LogP contribution >= 0.6 is 12.4 Å². The van der Waals surface area contributed by atoms with Crippen LogP contribution in [0.1, 0.15) is 30.7 Å². The Morgan fingerprint density at radius 1 is 0.929 bits per heavy atom. The van der Waals surface area contributed by atoms with E-state index in [-0.39, 0.29) is 24.8 Å². The van der Waals surface area contributed by atoms with Crippen molar-refractivity contribution in [2.45, 2.75) is 31.2 Å². The topological polar surface area (TPSA) is 6.25 Å². The average Bonchev–Trinajstić information content (AvgIpc) is 3.15. The molecule has 2 fully saturated rings. The number of halogens is 2. The molecule has 0 aromatic heterocycles. The van der Waals surface area contributed by atoms with Crippen molar-refractivity contribution in [1.29, 1.82) is 0 Å². The second-order valence-corrected chi connectivity index (χ2v) is 8.49. The van der Waals surface area contributed by atoms with Crippen LogP contribution in [-0.4, -0.2) is 41.9 Å². The maximum absolute atomic E-state index is 2.65. The van der Waals surface area contributed by atoms with E-state index in [0.717, 1.165) is 17.9 Å². The third-order valence-electron chi connectivity index (χ3n) is 7.18. The van der Waals surface area contributed by atoms with Gasteiger partial charge in [0.25, 0.3) is 0 Å². The molecule has 3 aliphatic rings. The van der Waals surface area contributed by atoms with E-state index in [0.29, 0.717) is 11.8 Å². The van der Waals surface area contributed by atoms with Crippen molar-refractivity contribution in [3.8, 4) is 0 Å².